The molecular weight excluding hydrogens is 320 g/mol. The normalized spacial score (nSPS) is 11.4. The zero-order valence-electron chi connectivity index (χ0n) is 13.0. The first kappa shape index (κ1) is 14.6. The predicted octanol–water partition coefficient (Wildman–Crippen LogP) is 5.49. The Bertz CT molecular complexity index is 987. The molecule has 2 heterocycles. The summed E-state index contributed by atoms with van der Waals surface area (Å²) in [6.07, 6.45) is 1.96. The van der Waals surface area contributed by atoms with Crippen LogP contribution in [0.5, 0.6) is 5.75 Å². The lowest BCUT2D eigenvalue weighted by Crippen LogP contribution is -1.83. The Labute approximate surface area is 142 Å². The van der Waals surface area contributed by atoms with Crippen molar-refractivity contribution in [2.75, 3.05) is 7.11 Å². The van der Waals surface area contributed by atoms with Crippen LogP contribution < -0.4 is 4.74 Å². The molecule has 5 nitrogen and oxygen atoms in total. The number of ether oxygens (including phenoxy) is 1. The van der Waals surface area contributed by atoms with E-state index in [0.717, 1.165) is 33.5 Å². The molecule has 4 rings (SSSR count). The molecule has 2 aromatic carbocycles. The van der Waals surface area contributed by atoms with Gasteiger partial charge in [-0.2, -0.15) is 0 Å². The van der Waals surface area contributed by atoms with Gasteiger partial charge in [0.25, 0.3) is 0 Å². The molecule has 0 spiro atoms. The summed E-state index contributed by atoms with van der Waals surface area (Å²) in [4.78, 5) is 5.59. The van der Waals surface area contributed by atoms with Crippen molar-refractivity contribution in [3.8, 4) is 17.0 Å². The summed E-state index contributed by atoms with van der Waals surface area (Å²) < 4.78 is 7.17. The number of aromatic nitrogens is 2. The number of methoxy groups -OCH3 is 1. The monoisotopic (exact) mass is 334 g/mol. The fourth-order valence-corrected chi connectivity index (χ4v) is 3.12. The molecule has 2 aromatic heterocycles. The number of thiazole rings is 1. The van der Waals surface area contributed by atoms with Crippen molar-refractivity contribution in [2.45, 2.75) is 0 Å². The Hall–Kier alpha value is -2.99. The van der Waals surface area contributed by atoms with Crippen molar-refractivity contribution in [3.05, 3.63) is 66.2 Å². The van der Waals surface area contributed by atoms with Gasteiger partial charge in [0.1, 0.15) is 11.4 Å². The van der Waals surface area contributed by atoms with Crippen molar-refractivity contribution in [1.29, 1.82) is 0 Å². The fraction of sp³-hybridized carbons (Fsp3) is 0.0556. The summed E-state index contributed by atoms with van der Waals surface area (Å²) in [6, 6.07) is 17.5. The Morgan fingerprint density at radius 3 is 2.54 bits per heavy atom. The molecule has 0 N–H and O–H groups in total. The summed E-state index contributed by atoms with van der Waals surface area (Å²) in [5, 5.41) is 10.8. The van der Waals surface area contributed by atoms with Crippen LogP contribution >= 0.6 is 11.3 Å². The van der Waals surface area contributed by atoms with Gasteiger partial charge in [0, 0.05) is 17.1 Å². The molecule has 0 atom stereocenters. The number of hydrogen-bond acceptors (Lipinski definition) is 5. The molecule has 0 fully saturated rings. The van der Waals surface area contributed by atoms with Crippen LogP contribution in [0.4, 0.5) is 11.5 Å². The first-order valence-corrected chi connectivity index (χ1v) is 8.30. The van der Waals surface area contributed by atoms with Gasteiger partial charge in [0.05, 0.1) is 12.8 Å². The van der Waals surface area contributed by atoms with E-state index in [1.165, 1.54) is 0 Å². The summed E-state index contributed by atoms with van der Waals surface area (Å²) in [6.45, 7) is 0. The third-order valence-corrected chi connectivity index (χ3v) is 4.37. The van der Waals surface area contributed by atoms with Crippen LogP contribution in [0.15, 0.2) is 76.4 Å². The number of benzene rings is 2. The number of azo groups is 1. The average molecular weight is 334 g/mol. The maximum atomic E-state index is 5.22. The van der Waals surface area contributed by atoms with E-state index in [-0.39, 0.29) is 0 Å². The van der Waals surface area contributed by atoms with Crippen LogP contribution in [0, 0.1) is 0 Å². The largest absolute Gasteiger partial charge is 0.497 e. The molecule has 6 heteroatoms. The van der Waals surface area contributed by atoms with Crippen LogP contribution in [0.3, 0.4) is 0 Å². The maximum Gasteiger partial charge on any atom is 0.195 e. The smallest absolute Gasteiger partial charge is 0.195 e. The molecule has 0 amide bonds. The lowest BCUT2D eigenvalue weighted by atomic mass is 10.1. The van der Waals surface area contributed by atoms with E-state index < -0.39 is 0 Å². The molecule has 0 unspecified atom stereocenters. The second-order valence-corrected chi connectivity index (χ2v) is 5.98. The van der Waals surface area contributed by atoms with Gasteiger partial charge in [-0.15, -0.1) is 21.6 Å². The van der Waals surface area contributed by atoms with Crippen molar-refractivity contribution in [2.24, 2.45) is 10.2 Å². The second kappa shape index (κ2) is 6.25. The van der Waals surface area contributed by atoms with Gasteiger partial charge in [-0.05, 0) is 36.4 Å². The highest BCUT2D eigenvalue weighted by Crippen LogP contribution is 2.34. The summed E-state index contributed by atoms with van der Waals surface area (Å²) in [5.41, 5.74) is 2.60. The Morgan fingerprint density at radius 1 is 1.00 bits per heavy atom. The third-order valence-electron chi connectivity index (χ3n) is 3.62. The first-order valence-electron chi connectivity index (χ1n) is 7.42. The molecule has 118 valence electrons. The van der Waals surface area contributed by atoms with Gasteiger partial charge >= 0.3 is 0 Å². The van der Waals surface area contributed by atoms with Crippen LogP contribution in [0.1, 0.15) is 0 Å². The molecule has 0 aliphatic carbocycles. The number of nitrogens with zero attached hydrogens (tertiary/aromatic N) is 4. The Balaban J connectivity index is 1.80. The van der Waals surface area contributed by atoms with E-state index in [2.05, 4.69) is 10.2 Å². The van der Waals surface area contributed by atoms with Crippen molar-refractivity contribution >= 4 is 27.8 Å². The van der Waals surface area contributed by atoms with E-state index in [1.807, 2.05) is 70.6 Å². The van der Waals surface area contributed by atoms with Crippen molar-refractivity contribution in [1.82, 2.24) is 9.38 Å². The van der Waals surface area contributed by atoms with E-state index in [4.69, 9.17) is 9.72 Å². The Kier molecular flexibility index (Phi) is 3.80. The maximum absolute atomic E-state index is 5.22. The van der Waals surface area contributed by atoms with Gasteiger partial charge in [0.15, 0.2) is 10.8 Å². The van der Waals surface area contributed by atoms with Crippen molar-refractivity contribution in [3.63, 3.8) is 0 Å². The van der Waals surface area contributed by atoms with Gasteiger partial charge < -0.3 is 4.74 Å². The van der Waals surface area contributed by atoms with E-state index in [1.54, 1.807) is 18.4 Å². The molecule has 0 saturated carbocycles. The zero-order valence-corrected chi connectivity index (χ0v) is 13.8. The summed E-state index contributed by atoms with van der Waals surface area (Å²) >= 11 is 1.57. The van der Waals surface area contributed by atoms with Gasteiger partial charge in [-0.25, -0.2) is 4.98 Å². The number of imidazole rings is 1. The second-order valence-electron chi connectivity index (χ2n) is 5.10. The van der Waals surface area contributed by atoms with E-state index in [0.29, 0.717) is 0 Å². The minimum Gasteiger partial charge on any atom is -0.497 e. The van der Waals surface area contributed by atoms with Gasteiger partial charge in [-0.1, -0.05) is 18.2 Å². The molecule has 0 radical (unpaired) electrons. The fourth-order valence-electron chi connectivity index (χ4n) is 2.41. The standard InChI is InChI=1S/C18H14N4OS/c1-23-15-9-7-13(8-10-15)16-17(22-11-12-24-18(22)19-16)21-20-14-5-3-2-4-6-14/h2-12H,1H3. The van der Waals surface area contributed by atoms with Crippen LogP contribution in [-0.2, 0) is 0 Å². The Morgan fingerprint density at radius 2 is 1.79 bits per heavy atom. The minimum atomic E-state index is 0.722. The van der Waals surface area contributed by atoms with Gasteiger partial charge in [0.2, 0.25) is 0 Å². The third kappa shape index (κ3) is 2.68. The van der Waals surface area contributed by atoms with E-state index >= 15 is 0 Å². The molecule has 0 saturated heterocycles. The molecule has 0 aliphatic rings. The summed E-state index contributed by atoms with van der Waals surface area (Å²) in [5.74, 6) is 1.53. The highest BCUT2D eigenvalue weighted by Gasteiger charge is 2.15. The number of rotatable bonds is 4. The molecule has 4 aromatic rings. The van der Waals surface area contributed by atoms with Gasteiger partial charge in [-0.3, -0.25) is 4.40 Å². The average Bonchev–Trinajstić information content (AvgIpc) is 3.22. The topological polar surface area (TPSA) is 51.2 Å². The molecule has 0 bridgehead atoms. The van der Waals surface area contributed by atoms with Crippen LogP contribution in [-0.4, -0.2) is 16.5 Å². The minimum absolute atomic E-state index is 0.722. The molecule has 24 heavy (non-hydrogen) atoms. The molecular formula is C18H14N4OS. The van der Waals surface area contributed by atoms with E-state index in [9.17, 15) is 0 Å². The molecule has 0 aliphatic heterocycles. The predicted molar refractivity (Wildman–Crippen MR) is 95.7 cm³/mol. The quantitative estimate of drug-likeness (QED) is 0.464. The first-order chi connectivity index (χ1) is 11.8. The van der Waals surface area contributed by atoms with Crippen LogP contribution in [0.25, 0.3) is 16.2 Å². The lowest BCUT2D eigenvalue weighted by molar-refractivity contribution is 0.415. The SMILES string of the molecule is COc1ccc(-c2nc3sccn3c2N=Nc2ccccc2)cc1. The lowest BCUT2D eigenvalue weighted by Gasteiger charge is -2.02. The zero-order chi connectivity index (χ0) is 16.4. The van der Waals surface area contributed by atoms with Crippen LogP contribution in [0.2, 0.25) is 0 Å². The number of hydrogen-bond donors (Lipinski definition) is 0. The highest BCUT2D eigenvalue weighted by molar-refractivity contribution is 7.15. The summed E-state index contributed by atoms with van der Waals surface area (Å²) in [7, 11) is 1.65. The number of fused-ring (bicyclic) bond motifs is 1. The highest BCUT2D eigenvalue weighted by atomic mass is 32.1. The van der Waals surface area contributed by atoms with Crippen molar-refractivity contribution < 1.29 is 4.74 Å².